The van der Waals surface area contributed by atoms with Gasteiger partial charge in [-0.25, -0.2) is 0 Å². The molecule has 0 aliphatic carbocycles. The third-order valence-corrected chi connectivity index (χ3v) is 4.64. The summed E-state index contributed by atoms with van der Waals surface area (Å²) in [6.07, 6.45) is 1.29. The molecule has 1 aromatic heterocycles. The Labute approximate surface area is 165 Å². The average molecular weight is 402 g/mol. The number of rotatable bonds is 4. The van der Waals surface area contributed by atoms with Gasteiger partial charge in [0.2, 0.25) is 5.88 Å². The molecule has 1 heterocycles. The highest BCUT2D eigenvalue weighted by Gasteiger charge is 2.13. The Morgan fingerprint density at radius 1 is 1.26 bits per heavy atom. The van der Waals surface area contributed by atoms with Gasteiger partial charge in [0.15, 0.2) is 4.77 Å². The van der Waals surface area contributed by atoms with Gasteiger partial charge >= 0.3 is 0 Å². The van der Waals surface area contributed by atoms with Crippen LogP contribution in [0.5, 0.6) is 11.6 Å². The first-order valence-corrected chi connectivity index (χ1v) is 8.72. The van der Waals surface area contributed by atoms with E-state index in [0.29, 0.717) is 22.1 Å². The number of aliphatic imine (C=N–C) groups is 1. The largest absolute Gasteiger partial charge is 0.497 e. The van der Waals surface area contributed by atoms with Gasteiger partial charge in [-0.05, 0) is 61.1 Å². The number of halogens is 1. The molecule has 0 aliphatic rings. The quantitative estimate of drug-likeness (QED) is 0.504. The minimum absolute atomic E-state index is 0.0175. The molecule has 0 unspecified atom stereocenters. The van der Waals surface area contributed by atoms with Crippen LogP contribution in [0.3, 0.4) is 0 Å². The molecule has 0 atom stereocenters. The fraction of sp³-hybridized carbons (Fsp3) is 0.105. The van der Waals surface area contributed by atoms with Crippen LogP contribution in [-0.2, 0) is 0 Å². The molecule has 138 valence electrons. The highest BCUT2D eigenvalue weighted by atomic mass is 35.5. The van der Waals surface area contributed by atoms with Crippen LogP contribution in [0, 0.1) is 11.7 Å². The highest BCUT2D eigenvalue weighted by molar-refractivity contribution is 7.71. The van der Waals surface area contributed by atoms with E-state index in [0.717, 1.165) is 5.56 Å². The lowest BCUT2D eigenvalue weighted by atomic mass is 10.2. The van der Waals surface area contributed by atoms with E-state index in [2.05, 4.69) is 9.98 Å². The maximum absolute atomic E-state index is 12.3. The molecule has 0 saturated carbocycles. The number of ether oxygens (including phenoxy) is 1. The van der Waals surface area contributed by atoms with Gasteiger partial charge in [-0.2, -0.15) is 0 Å². The summed E-state index contributed by atoms with van der Waals surface area (Å²) in [6, 6.07) is 12.2. The Balaban J connectivity index is 2.08. The fourth-order valence-corrected chi connectivity index (χ4v) is 2.88. The maximum atomic E-state index is 12.3. The van der Waals surface area contributed by atoms with E-state index in [9.17, 15) is 9.90 Å². The second kappa shape index (κ2) is 7.77. The zero-order valence-corrected chi connectivity index (χ0v) is 16.1. The summed E-state index contributed by atoms with van der Waals surface area (Å²) in [7, 11) is 1.57. The number of aromatic nitrogens is 2. The Morgan fingerprint density at radius 2 is 1.96 bits per heavy atom. The zero-order chi connectivity index (χ0) is 19.6. The van der Waals surface area contributed by atoms with Crippen molar-refractivity contribution < 1.29 is 9.84 Å². The number of aromatic hydroxyl groups is 1. The summed E-state index contributed by atoms with van der Waals surface area (Å²) in [4.78, 5) is 19.0. The molecule has 0 saturated heterocycles. The second-order valence-corrected chi connectivity index (χ2v) is 6.52. The number of aromatic amines is 1. The molecule has 0 spiro atoms. The van der Waals surface area contributed by atoms with E-state index >= 15 is 0 Å². The monoisotopic (exact) mass is 401 g/mol. The minimum Gasteiger partial charge on any atom is -0.497 e. The van der Waals surface area contributed by atoms with Crippen LogP contribution in [0.4, 0.5) is 5.69 Å². The molecule has 8 heteroatoms. The topological polar surface area (TPSA) is 79.6 Å². The Bertz CT molecular complexity index is 1130. The molecule has 2 N–H and O–H groups in total. The van der Waals surface area contributed by atoms with Crippen LogP contribution in [0.1, 0.15) is 11.1 Å². The molecular formula is C19H16ClN3O3S. The SMILES string of the molecule is COc1ccc(N=Cc2c(O)n(-c3ccc(C)c(Cl)c3)c(=S)[nH]c2=O)cc1. The molecule has 0 fully saturated rings. The van der Waals surface area contributed by atoms with Gasteiger partial charge in [-0.15, -0.1) is 0 Å². The lowest BCUT2D eigenvalue weighted by Crippen LogP contribution is -2.18. The summed E-state index contributed by atoms with van der Waals surface area (Å²) in [5, 5.41) is 11.2. The van der Waals surface area contributed by atoms with Crippen LogP contribution in [0.15, 0.2) is 52.3 Å². The average Bonchev–Trinajstić information content (AvgIpc) is 2.64. The van der Waals surface area contributed by atoms with E-state index in [1.54, 1.807) is 49.6 Å². The lowest BCUT2D eigenvalue weighted by Gasteiger charge is -2.12. The van der Waals surface area contributed by atoms with Crippen LogP contribution in [0.2, 0.25) is 5.02 Å². The number of aryl methyl sites for hydroxylation is 1. The fourth-order valence-electron chi connectivity index (χ4n) is 2.42. The number of nitrogens with one attached hydrogen (secondary N) is 1. The summed E-state index contributed by atoms with van der Waals surface area (Å²) in [6.45, 7) is 1.87. The van der Waals surface area contributed by atoms with Gasteiger partial charge in [-0.3, -0.25) is 19.3 Å². The van der Waals surface area contributed by atoms with Crippen molar-refractivity contribution in [3.63, 3.8) is 0 Å². The van der Waals surface area contributed by atoms with E-state index in [4.69, 9.17) is 28.6 Å². The Hall–Kier alpha value is -2.90. The highest BCUT2D eigenvalue weighted by Crippen LogP contribution is 2.24. The van der Waals surface area contributed by atoms with Crippen LogP contribution < -0.4 is 10.3 Å². The van der Waals surface area contributed by atoms with Crippen molar-refractivity contribution in [3.05, 3.63) is 73.7 Å². The molecule has 27 heavy (non-hydrogen) atoms. The summed E-state index contributed by atoms with van der Waals surface area (Å²) >= 11 is 11.4. The molecular weight excluding hydrogens is 386 g/mol. The standard InChI is InChI=1S/C19H16ClN3O3S/c1-11-3-6-13(9-16(11)20)23-18(25)15(17(24)22-19(23)27)10-21-12-4-7-14(26-2)8-5-12/h3-10,25H,1-2H3,(H,22,24,27). The number of H-pyrrole nitrogens is 1. The van der Waals surface area contributed by atoms with E-state index in [-0.39, 0.29) is 16.2 Å². The molecule has 3 aromatic rings. The van der Waals surface area contributed by atoms with Gasteiger partial charge in [0, 0.05) is 11.2 Å². The third kappa shape index (κ3) is 3.94. The first-order valence-electron chi connectivity index (χ1n) is 7.93. The Morgan fingerprint density at radius 3 is 2.59 bits per heavy atom. The van der Waals surface area contributed by atoms with Crippen LogP contribution in [0.25, 0.3) is 5.69 Å². The van der Waals surface area contributed by atoms with Crippen molar-refractivity contribution in [2.24, 2.45) is 4.99 Å². The van der Waals surface area contributed by atoms with Gasteiger partial charge in [-0.1, -0.05) is 17.7 Å². The van der Waals surface area contributed by atoms with Crippen molar-refractivity contribution in [2.75, 3.05) is 7.11 Å². The van der Waals surface area contributed by atoms with Crippen molar-refractivity contribution in [3.8, 4) is 17.3 Å². The molecule has 6 nitrogen and oxygen atoms in total. The molecule has 3 rings (SSSR count). The summed E-state index contributed by atoms with van der Waals surface area (Å²) < 4.78 is 6.48. The number of benzene rings is 2. The number of hydrogen-bond donors (Lipinski definition) is 2. The molecule has 0 aliphatic heterocycles. The van der Waals surface area contributed by atoms with Crippen molar-refractivity contribution in [1.82, 2.24) is 9.55 Å². The van der Waals surface area contributed by atoms with Crippen molar-refractivity contribution in [2.45, 2.75) is 6.92 Å². The number of hydrogen-bond acceptors (Lipinski definition) is 5. The van der Waals surface area contributed by atoms with Crippen molar-refractivity contribution >= 4 is 35.7 Å². The zero-order valence-electron chi connectivity index (χ0n) is 14.6. The number of nitrogens with zero attached hydrogens (tertiary/aromatic N) is 2. The predicted octanol–water partition coefficient (Wildman–Crippen LogP) is 4.32. The number of methoxy groups -OCH3 is 1. The second-order valence-electron chi connectivity index (χ2n) is 5.72. The summed E-state index contributed by atoms with van der Waals surface area (Å²) in [5.41, 5.74) is 1.46. The van der Waals surface area contributed by atoms with Gasteiger partial charge < -0.3 is 9.84 Å². The van der Waals surface area contributed by atoms with E-state index < -0.39 is 5.56 Å². The van der Waals surface area contributed by atoms with E-state index in [1.807, 2.05) is 6.92 Å². The van der Waals surface area contributed by atoms with E-state index in [1.165, 1.54) is 10.8 Å². The van der Waals surface area contributed by atoms with Crippen LogP contribution in [-0.4, -0.2) is 28.0 Å². The van der Waals surface area contributed by atoms with Gasteiger partial charge in [0.05, 0.1) is 18.5 Å². The molecule has 0 amide bonds. The Kier molecular flexibility index (Phi) is 5.43. The molecule has 2 aromatic carbocycles. The van der Waals surface area contributed by atoms with Crippen LogP contribution >= 0.6 is 23.8 Å². The first-order chi connectivity index (χ1) is 12.9. The predicted molar refractivity (Wildman–Crippen MR) is 109 cm³/mol. The smallest absolute Gasteiger partial charge is 0.264 e. The van der Waals surface area contributed by atoms with Gasteiger partial charge in [0.1, 0.15) is 11.3 Å². The molecule has 0 bridgehead atoms. The molecule has 0 radical (unpaired) electrons. The summed E-state index contributed by atoms with van der Waals surface area (Å²) in [5.74, 6) is 0.375. The maximum Gasteiger partial charge on any atom is 0.264 e. The van der Waals surface area contributed by atoms with Crippen molar-refractivity contribution in [1.29, 1.82) is 0 Å². The normalized spacial score (nSPS) is 11.1. The minimum atomic E-state index is -0.538. The lowest BCUT2D eigenvalue weighted by molar-refractivity contribution is 0.415. The van der Waals surface area contributed by atoms with Gasteiger partial charge in [0.25, 0.3) is 5.56 Å². The first kappa shape index (κ1) is 18.9. The third-order valence-electron chi connectivity index (χ3n) is 3.95.